The summed E-state index contributed by atoms with van der Waals surface area (Å²) in [6.07, 6.45) is 6.34. The molecular weight excluding hydrogens is 286 g/mol. The lowest BCUT2D eigenvalue weighted by molar-refractivity contribution is 0.403. The van der Waals surface area contributed by atoms with Gasteiger partial charge in [0.1, 0.15) is 0 Å². The zero-order valence-corrected chi connectivity index (χ0v) is 13.8. The standard InChI is InChI=1S/C18H25N5/c1-23(12-14-6-4-5-11-19-14)18-17(20-13-9-10-13)21-15-7-2-3-8-16(15)22-18/h2-3,7-8,13-14,19H,4-6,9-12H2,1H3,(H,20,21)/t14-/m1/s1. The maximum Gasteiger partial charge on any atom is 0.172 e. The molecule has 0 unspecified atom stereocenters. The highest BCUT2D eigenvalue weighted by Gasteiger charge is 2.25. The van der Waals surface area contributed by atoms with Crippen LogP contribution in [0.4, 0.5) is 11.6 Å². The Morgan fingerprint density at radius 3 is 2.61 bits per heavy atom. The Morgan fingerprint density at radius 1 is 1.13 bits per heavy atom. The number of nitrogens with zero attached hydrogens (tertiary/aromatic N) is 3. The van der Waals surface area contributed by atoms with Crippen molar-refractivity contribution in [2.24, 2.45) is 0 Å². The van der Waals surface area contributed by atoms with Crippen LogP contribution in [0.15, 0.2) is 24.3 Å². The van der Waals surface area contributed by atoms with Gasteiger partial charge >= 0.3 is 0 Å². The van der Waals surface area contributed by atoms with Gasteiger partial charge in [-0.1, -0.05) is 18.6 Å². The van der Waals surface area contributed by atoms with Crippen LogP contribution in [0.2, 0.25) is 0 Å². The molecule has 0 bridgehead atoms. The minimum Gasteiger partial charge on any atom is -0.364 e. The van der Waals surface area contributed by atoms with Crippen LogP contribution in [0.1, 0.15) is 32.1 Å². The largest absolute Gasteiger partial charge is 0.364 e. The van der Waals surface area contributed by atoms with Crippen LogP contribution in [-0.2, 0) is 0 Å². The number of anilines is 2. The summed E-state index contributed by atoms with van der Waals surface area (Å²) in [5, 5.41) is 7.18. The molecule has 0 spiro atoms. The zero-order chi connectivity index (χ0) is 15.6. The number of hydrogen-bond donors (Lipinski definition) is 2. The summed E-state index contributed by atoms with van der Waals surface area (Å²) in [7, 11) is 2.13. The first-order valence-electron chi connectivity index (χ1n) is 8.77. The number of nitrogens with one attached hydrogen (secondary N) is 2. The Kier molecular flexibility index (Phi) is 4.04. The molecular formula is C18H25N5. The van der Waals surface area contributed by atoms with Crippen LogP contribution < -0.4 is 15.5 Å². The van der Waals surface area contributed by atoms with E-state index in [1.165, 1.54) is 32.1 Å². The lowest BCUT2D eigenvalue weighted by Crippen LogP contribution is -2.42. The minimum absolute atomic E-state index is 0.552. The highest BCUT2D eigenvalue weighted by atomic mass is 15.2. The predicted molar refractivity (Wildman–Crippen MR) is 95.1 cm³/mol. The summed E-state index contributed by atoms with van der Waals surface area (Å²) in [5.41, 5.74) is 1.93. The number of hydrogen-bond acceptors (Lipinski definition) is 5. The summed E-state index contributed by atoms with van der Waals surface area (Å²) < 4.78 is 0. The molecule has 1 aromatic heterocycles. The normalized spacial score (nSPS) is 21.3. The van der Waals surface area contributed by atoms with Gasteiger partial charge in [0, 0.05) is 25.7 Å². The monoisotopic (exact) mass is 311 g/mol. The van der Waals surface area contributed by atoms with E-state index in [1.54, 1.807) is 0 Å². The molecule has 1 saturated heterocycles. The molecule has 2 aromatic rings. The lowest BCUT2D eigenvalue weighted by atomic mass is 10.0. The van der Waals surface area contributed by atoms with Crippen molar-refractivity contribution in [3.05, 3.63) is 24.3 Å². The van der Waals surface area contributed by atoms with Gasteiger partial charge in [-0.25, -0.2) is 9.97 Å². The van der Waals surface area contributed by atoms with Crippen molar-refractivity contribution in [3.63, 3.8) is 0 Å². The second-order valence-electron chi connectivity index (χ2n) is 6.83. The summed E-state index contributed by atoms with van der Waals surface area (Å²) in [5.74, 6) is 1.91. The van der Waals surface area contributed by atoms with Crippen molar-refractivity contribution in [2.45, 2.75) is 44.2 Å². The lowest BCUT2D eigenvalue weighted by Gasteiger charge is -2.29. The molecule has 5 nitrogen and oxygen atoms in total. The second kappa shape index (κ2) is 6.32. The molecule has 0 radical (unpaired) electrons. The quantitative estimate of drug-likeness (QED) is 0.889. The van der Waals surface area contributed by atoms with Gasteiger partial charge in [-0.3, -0.25) is 0 Å². The summed E-state index contributed by atoms with van der Waals surface area (Å²) >= 11 is 0. The summed E-state index contributed by atoms with van der Waals surface area (Å²) in [4.78, 5) is 12.0. The van der Waals surface area contributed by atoms with Gasteiger partial charge in [-0.05, 0) is 44.4 Å². The van der Waals surface area contributed by atoms with Crippen molar-refractivity contribution in [3.8, 4) is 0 Å². The van der Waals surface area contributed by atoms with Gasteiger partial charge in [0.05, 0.1) is 11.0 Å². The number of rotatable bonds is 5. The Morgan fingerprint density at radius 2 is 1.91 bits per heavy atom. The van der Waals surface area contributed by atoms with Crippen LogP contribution in [0.5, 0.6) is 0 Å². The van der Waals surface area contributed by atoms with E-state index >= 15 is 0 Å². The van der Waals surface area contributed by atoms with E-state index in [2.05, 4.69) is 22.6 Å². The van der Waals surface area contributed by atoms with Crippen molar-refractivity contribution < 1.29 is 0 Å². The SMILES string of the molecule is CN(C[C@H]1CCCCN1)c1nc2ccccc2nc1NC1CC1. The summed E-state index contributed by atoms with van der Waals surface area (Å²) in [6, 6.07) is 9.25. The molecule has 1 atom stereocenters. The summed E-state index contributed by atoms with van der Waals surface area (Å²) in [6.45, 7) is 2.11. The number of fused-ring (bicyclic) bond motifs is 1. The van der Waals surface area contributed by atoms with E-state index in [9.17, 15) is 0 Å². The molecule has 23 heavy (non-hydrogen) atoms. The molecule has 2 aliphatic rings. The van der Waals surface area contributed by atoms with Crippen molar-refractivity contribution in [1.82, 2.24) is 15.3 Å². The van der Waals surface area contributed by atoms with Gasteiger partial charge in [-0.2, -0.15) is 0 Å². The Hall–Kier alpha value is -1.88. The molecule has 2 fully saturated rings. The number of benzene rings is 1. The number of aromatic nitrogens is 2. The van der Waals surface area contributed by atoms with Gasteiger partial charge in [0.2, 0.25) is 0 Å². The predicted octanol–water partition coefficient (Wildman–Crippen LogP) is 2.78. The van der Waals surface area contributed by atoms with E-state index in [0.29, 0.717) is 12.1 Å². The van der Waals surface area contributed by atoms with Crippen molar-refractivity contribution >= 4 is 22.7 Å². The molecule has 1 aliphatic carbocycles. The average molecular weight is 311 g/mol. The van der Waals surface area contributed by atoms with E-state index in [0.717, 1.165) is 35.8 Å². The van der Waals surface area contributed by atoms with E-state index in [1.807, 2.05) is 24.3 Å². The number of likely N-dealkylation sites (N-methyl/N-ethyl adjacent to an activating group) is 1. The maximum atomic E-state index is 4.89. The average Bonchev–Trinajstić information content (AvgIpc) is 3.39. The van der Waals surface area contributed by atoms with Crippen LogP contribution in [0.3, 0.4) is 0 Å². The second-order valence-corrected chi connectivity index (χ2v) is 6.83. The first-order chi connectivity index (χ1) is 11.3. The van der Waals surface area contributed by atoms with Gasteiger partial charge in [-0.15, -0.1) is 0 Å². The van der Waals surface area contributed by atoms with Gasteiger partial charge < -0.3 is 15.5 Å². The zero-order valence-electron chi connectivity index (χ0n) is 13.8. The fourth-order valence-corrected chi connectivity index (χ4v) is 3.27. The molecule has 2 N–H and O–H groups in total. The third kappa shape index (κ3) is 3.39. The van der Waals surface area contributed by atoms with E-state index < -0.39 is 0 Å². The molecule has 2 heterocycles. The van der Waals surface area contributed by atoms with Crippen LogP contribution in [-0.4, -0.2) is 42.2 Å². The van der Waals surface area contributed by atoms with Gasteiger partial charge in [0.15, 0.2) is 11.6 Å². The smallest absolute Gasteiger partial charge is 0.172 e. The van der Waals surface area contributed by atoms with Crippen molar-refractivity contribution in [2.75, 3.05) is 30.4 Å². The van der Waals surface area contributed by atoms with Gasteiger partial charge in [0.25, 0.3) is 0 Å². The van der Waals surface area contributed by atoms with Crippen LogP contribution in [0.25, 0.3) is 11.0 Å². The third-order valence-electron chi connectivity index (χ3n) is 4.74. The highest BCUT2D eigenvalue weighted by Crippen LogP contribution is 2.30. The van der Waals surface area contributed by atoms with E-state index in [4.69, 9.17) is 9.97 Å². The molecule has 1 saturated carbocycles. The number of para-hydroxylation sites is 2. The van der Waals surface area contributed by atoms with E-state index in [-0.39, 0.29) is 0 Å². The first kappa shape index (κ1) is 14.7. The first-order valence-corrected chi connectivity index (χ1v) is 8.77. The maximum absolute atomic E-state index is 4.89. The van der Waals surface area contributed by atoms with Crippen LogP contribution >= 0.6 is 0 Å². The Bertz CT molecular complexity index is 676. The molecule has 1 aromatic carbocycles. The Balaban J connectivity index is 1.62. The molecule has 5 heteroatoms. The molecule has 0 amide bonds. The molecule has 4 rings (SSSR count). The highest BCUT2D eigenvalue weighted by molar-refractivity contribution is 5.80. The fraction of sp³-hybridized carbons (Fsp3) is 0.556. The minimum atomic E-state index is 0.552. The molecule has 1 aliphatic heterocycles. The Labute approximate surface area is 137 Å². The third-order valence-corrected chi connectivity index (χ3v) is 4.74. The number of piperidine rings is 1. The van der Waals surface area contributed by atoms with Crippen LogP contribution in [0, 0.1) is 0 Å². The molecule has 122 valence electrons. The fourth-order valence-electron chi connectivity index (χ4n) is 3.27. The van der Waals surface area contributed by atoms with Crippen molar-refractivity contribution in [1.29, 1.82) is 0 Å². The topological polar surface area (TPSA) is 53.1 Å².